The van der Waals surface area contributed by atoms with Gasteiger partial charge in [-0.2, -0.15) is 0 Å². The van der Waals surface area contributed by atoms with Gasteiger partial charge >= 0.3 is 0 Å². The van der Waals surface area contributed by atoms with Crippen LogP contribution < -0.4 is 11.1 Å². The van der Waals surface area contributed by atoms with Gasteiger partial charge in [0.05, 0.1) is 5.56 Å². The fourth-order valence-corrected chi connectivity index (χ4v) is 3.68. The number of nitrogens with one attached hydrogen (secondary N) is 1. The van der Waals surface area contributed by atoms with Crippen molar-refractivity contribution in [3.8, 4) is 0 Å². The van der Waals surface area contributed by atoms with E-state index < -0.39 is 5.91 Å². The van der Waals surface area contributed by atoms with E-state index in [1.807, 2.05) is 4.90 Å². The molecule has 1 aromatic rings. The van der Waals surface area contributed by atoms with Gasteiger partial charge in [-0.05, 0) is 43.9 Å². The lowest BCUT2D eigenvalue weighted by atomic mass is 9.92. The zero-order valence-electron chi connectivity index (χ0n) is 16.4. The zero-order valence-corrected chi connectivity index (χ0v) is 16.4. The van der Waals surface area contributed by atoms with Crippen LogP contribution in [0.1, 0.15) is 68.6 Å². The SMILES string of the molecule is CC(C)CC(=O)N1CCC(Cc2ncc(C(N)=O)c(NC3CCC3)n2)CC1. The summed E-state index contributed by atoms with van der Waals surface area (Å²) in [7, 11) is 0. The first-order valence-corrected chi connectivity index (χ1v) is 10.1. The summed E-state index contributed by atoms with van der Waals surface area (Å²) in [4.78, 5) is 34.8. The molecule has 148 valence electrons. The van der Waals surface area contributed by atoms with E-state index in [0.717, 1.165) is 51.0 Å². The molecule has 1 saturated heterocycles. The molecule has 0 unspecified atom stereocenters. The van der Waals surface area contributed by atoms with Crippen molar-refractivity contribution >= 4 is 17.6 Å². The molecule has 0 radical (unpaired) electrons. The Morgan fingerprint density at radius 3 is 2.52 bits per heavy atom. The van der Waals surface area contributed by atoms with Crippen LogP contribution in [0.2, 0.25) is 0 Å². The summed E-state index contributed by atoms with van der Waals surface area (Å²) >= 11 is 0. The van der Waals surface area contributed by atoms with Crippen LogP contribution >= 0.6 is 0 Å². The summed E-state index contributed by atoms with van der Waals surface area (Å²) in [6, 6.07) is 0.376. The van der Waals surface area contributed by atoms with Crippen LogP contribution in [0.4, 0.5) is 5.82 Å². The highest BCUT2D eigenvalue weighted by atomic mass is 16.2. The number of piperidine rings is 1. The van der Waals surface area contributed by atoms with Crippen molar-refractivity contribution < 1.29 is 9.59 Å². The van der Waals surface area contributed by atoms with E-state index in [1.165, 1.54) is 6.42 Å². The Labute approximate surface area is 161 Å². The van der Waals surface area contributed by atoms with Gasteiger partial charge in [-0.3, -0.25) is 9.59 Å². The van der Waals surface area contributed by atoms with Crippen LogP contribution in [0.5, 0.6) is 0 Å². The van der Waals surface area contributed by atoms with Gasteiger partial charge in [-0.15, -0.1) is 0 Å². The summed E-state index contributed by atoms with van der Waals surface area (Å²) in [5, 5.41) is 3.34. The number of anilines is 1. The molecule has 0 spiro atoms. The Hall–Kier alpha value is -2.18. The molecule has 3 rings (SSSR count). The number of hydrogen-bond acceptors (Lipinski definition) is 5. The van der Waals surface area contributed by atoms with E-state index in [1.54, 1.807) is 6.20 Å². The predicted octanol–water partition coefficient (Wildman–Crippen LogP) is 2.37. The average molecular weight is 374 g/mol. The molecular weight excluding hydrogens is 342 g/mol. The third kappa shape index (κ3) is 5.17. The summed E-state index contributed by atoms with van der Waals surface area (Å²) in [6.45, 7) is 5.77. The Kier molecular flexibility index (Phi) is 6.29. The van der Waals surface area contributed by atoms with Crippen molar-refractivity contribution in [3.05, 3.63) is 17.6 Å². The van der Waals surface area contributed by atoms with Gasteiger partial charge in [0.2, 0.25) is 5.91 Å². The maximum Gasteiger partial charge on any atom is 0.254 e. The molecule has 0 atom stereocenters. The smallest absolute Gasteiger partial charge is 0.254 e. The third-order valence-electron chi connectivity index (χ3n) is 5.57. The Morgan fingerprint density at radius 2 is 1.96 bits per heavy atom. The van der Waals surface area contributed by atoms with Gasteiger partial charge in [0.1, 0.15) is 11.6 Å². The van der Waals surface area contributed by atoms with Crippen molar-refractivity contribution in [2.24, 2.45) is 17.6 Å². The lowest BCUT2D eigenvalue weighted by Crippen LogP contribution is -2.39. The van der Waals surface area contributed by atoms with Gasteiger partial charge < -0.3 is 16.0 Å². The average Bonchev–Trinajstić information content (AvgIpc) is 2.58. The fraction of sp³-hybridized carbons (Fsp3) is 0.700. The maximum atomic E-state index is 12.2. The molecule has 0 aromatic carbocycles. The second-order valence-electron chi connectivity index (χ2n) is 8.31. The minimum atomic E-state index is -0.500. The van der Waals surface area contributed by atoms with E-state index in [0.29, 0.717) is 35.7 Å². The number of carbonyl (C=O) groups excluding carboxylic acids is 2. The van der Waals surface area contributed by atoms with Crippen LogP contribution in [0.25, 0.3) is 0 Å². The first-order valence-electron chi connectivity index (χ1n) is 10.1. The monoisotopic (exact) mass is 373 g/mol. The van der Waals surface area contributed by atoms with E-state index in [9.17, 15) is 9.59 Å². The van der Waals surface area contributed by atoms with Gasteiger partial charge in [0.25, 0.3) is 5.91 Å². The van der Waals surface area contributed by atoms with Gasteiger partial charge in [-0.25, -0.2) is 9.97 Å². The number of carbonyl (C=O) groups is 2. The van der Waals surface area contributed by atoms with Crippen LogP contribution in [-0.2, 0) is 11.2 Å². The molecule has 1 aliphatic heterocycles. The second kappa shape index (κ2) is 8.67. The molecule has 2 heterocycles. The molecule has 2 fully saturated rings. The summed E-state index contributed by atoms with van der Waals surface area (Å²) in [6.07, 6.45) is 8.28. The second-order valence-corrected chi connectivity index (χ2v) is 8.31. The highest BCUT2D eigenvalue weighted by Gasteiger charge is 2.25. The van der Waals surface area contributed by atoms with Gasteiger partial charge in [0, 0.05) is 38.2 Å². The van der Waals surface area contributed by atoms with E-state index in [4.69, 9.17) is 5.73 Å². The summed E-state index contributed by atoms with van der Waals surface area (Å²) in [5.74, 6) is 1.94. The van der Waals surface area contributed by atoms with Gasteiger partial charge in [0.15, 0.2) is 0 Å². The molecule has 2 aliphatic rings. The number of nitrogens with zero attached hydrogens (tertiary/aromatic N) is 3. The van der Waals surface area contributed by atoms with Crippen molar-refractivity contribution in [3.63, 3.8) is 0 Å². The molecule has 1 aliphatic carbocycles. The molecule has 1 aromatic heterocycles. The van der Waals surface area contributed by atoms with Crippen LogP contribution in [0.3, 0.4) is 0 Å². The van der Waals surface area contributed by atoms with Crippen molar-refractivity contribution in [2.45, 2.75) is 64.8 Å². The highest BCUT2D eigenvalue weighted by molar-refractivity contribution is 5.97. The van der Waals surface area contributed by atoms with E-state index in [2.05, 4.69) is 29.1 Å². The van der Waals surface area contributed by atoms with Crippen molar-refractivity contribution in [1.29, 1.82) is 0 Å². The minimum absolute atomic E-state index is 0.262. The topological polar surface area (TPSA) is 101 Å². The number of hydrogen-bond donors (Lipinski definition) is 2. The molecule has 7 heteroatoms. The lowest BCUT2D eigenvalue weighted by molar-refractivity contribution is -0.133. The molecule has 1 saturated carbocycles. The van der Waals surface area contributed by atoms with Crippen LogP contribution in [-0.4, -0.2) is 45.8 Å². The summed E-state index contributed by atoms with van der Waals surface area (Å²) in [5.41, 5.74) is 5.83. The first-order chi connectivity index (χ1) is 12.9. The van der Waals surface area contributed by atoms with E-state index >= 15 is 0 Å². The number of primary amides is 1. The summed E-state index contributed by atoms with van der Waals surface area (Å²) < 4.78 is 0. The third-order valence-corrected chi connectivity index (χ3v) is 5.57. The number of likely N-dealkylation sites (tertiary alicyclic amines) is 1. The molecule has 27 heavy (non-hydrogen) atoms. The quantitative estimate of drug-likeness (QED) is 0.764. The zero-order chi connectivity index (χ0) is 19.4. The standard InChI is InChI=1S/C20H31N5O2/c1-13(2)10-18(26)25-8-6-14(7-9-25)11-17-22-12-16(19(21)27)20(24-17)23-15-4-3-5-15/h12-15H,3-11H2,1-2H3,(H2,21,27)(H,22,23,24). The molecule has 3 N–H and O–H groups in total. The van der Waals surface area contributed by atoms with Gasteiger partial charge in [-0.1, -0.05) is 13.8 Å². The number of aromatic nitrogens is 2. The maximum absolute atomic E-state index is 12.2. The molecule has 0 bridgehead atoms. The number of rotatable bonds is 7. The lowest BCUT2D eigenvalue weighted by Gasteiger charge is -2.32. The fourth-order valence-electron chi connectivity index (χ4n) is 3.68. The Balaban J connectivity index is 1.58. The molecule has 2 amide bonds. The van der Waals surface area contributed by atoms with Crippen LogP contribution in [0, 0.1) is 11.8 Å². The molecule has 7 nitrogen and oxygen atoms in total. The predicted molar refractivity (Wildman–Crippen MR) is 104 cm³/mol. The highest BCUT2D eigenvalue weighted by Crippen LogP contribution is 2.26. The normalized spacial score (nSPS) is 18.4. The largest absolute Gasteiger partial charge is 0.367 e. The van der Waals surface area contributed by atoms with Crippen LogP contribution in [0.15, 0.2) is 6.20 Å². The number of amides is 2. The first kappa shape index (κ1) is 19.6. The van der Waals surface area contributed by atoms with Crippen molar-refractivity contribution in [2.75, 3.05) is 18.4 Å². The Morgan fingerprint density at radius 1 is 1.26 bits per heavy atom. The van der Waals surface area contributed by atoms with E-state index in [-0.39, 0.29) is 5.91 Å². The number of nitrogens with two attached hydrogens (primary N) is 1. The minimum Gasteiger partial charge on any atom is -0.367 e. The molecular formula is C20H31N5O2. The van der Waals surface area contributed by atoms with Crippen molar-refractivity contribution in [1.82, 2.24) is 14.9 Å². The Bertz CT molecular complexity index is 679.